The molecule has 0 fully saturated rings. The molecule has 4 nitrogen and oxygen atoms in total. The first-order valence-corrected chi connectivity index (χ1v) is 8.50. The van der Waals surface area contributed by atoms with Crippen molar-refractivity contribution < 1.29 is 19.8 Å². The third-order valence-electron chi connectivity index (χ3n) is 4.00. The van der Waals surface area contributed by atoms with Crippen LogP contribution in [0.5, 0.6) is 0 Å². The van der Waals surface area contributed by atoms with E-state index in [2.05, 4.69) is 41.5 Å². The Morgan fingerprint density at radius 3 is 0.963 bits per heavy atom. The molecule has 0 radical (unpaired) electrons. The topological polar surface area (TPSA) is 74.6 Å². The second-order valence-corrected chi connectivity index (χ2v) is 8.27. The number of aromatic carboxylic acids is 2. The van der Waals surface area contributed by atoms with E-state index in [1.54, 1.807) is 24.3 Å². The van der Waals surface area contributed by atoms with Crippen molar-refractivity contribution in [1.82, 2.24) is 0 Å². The molecule has 0 saturated heterocycles. The van der Waals surface area contributed by atoms with Crippen molar-refractivity contribution in [2.24, 2.45) is 0 Å². The zero-order chi connectivity index (χ0) is 20.1. The summed E-state index contributed by atoms with van der Waals surface area (Å²) < 4.78 is 0. The predicted molar refractivity (Wildman–Crippen MR) is 114 cm³/mol. The second kappa shape index (κ2) is 9.73. The van der Waals surface area contributed by atoms with E-state index < -0.39 is 11.9 Å². The summed E-state index contributed by atoms with van der Waals surface area (Å²) in [5, 5.41) is 17.4. The molecule has 0 aliphatic carbocycles. The van der Waals surface area contributed by atoms with E-state index in [0.717, 1.165) is 11.1 Å². The van der Waals surface area contributed by atoms with Crippen LogP contribution in [0.1, 0.15) is 73.4 Å². The van der Waals surface area contributed by atoms with Gasteiger partial charge in [-0.1, -0.05) is 65.8 Å². The number of carboxylic acids is 2. The van der Waals surface area contributed by atoms with Crippen LogP contribution in [0, 0.1) is 0 Å². The van der Waals surface area contributed by atoms with Gasteiger partial charge in [-0.3, -0.25) is 0 Å². The molecule has 2 N–H and O–H groups in total. The Bertz CT molecular complexity index is 681. The van der Waals surface area contributed by atoms with Gasteiger partial charge in [-0.2, -0.15) is 0 Å². The highest BCUT2D eigenvalue weighted by molar-refractivity contribution is 5.88. The Morgan fingerprint density at radius 2 is 0.815 bits per heavy atom. The fraction of sp³-hybridized carbons (Fsp3) is 0.364. The van der Waals surface area contributed by atoms with Gasteiger partial charge in [0, 0.05) is 0 Å². The van der Waals surface area contributed by atoms with E-state index in [1.807, 2.05) is 24.3 Å². The molecule has 146 valence electrons. The largest absolute Gasteiger partial charge is 0.478 e. The van der Waals surface area contributed by atoms with Gasteiger partial charge in [0.1, 0.15) is 0 Å². The average molecular weight is 386 g/mol. The van der Waals surface area contributed by atoms with Crippen molar-refractivity contribution in [3.63, 3.8) is 0 Å². The van der Waals surface area contributed by atoms with E-state index in [9.17, 15) is 9.59 Å². The van der Waals surface area contributed by atoms with Crippen LogP contribution < -0.4 is 0 Å². The molecule has 0 unspecified atom stereocenters. The summed E-state index contributed by atoms with van der Waals surface area (Å²) in [4.78, 5) is 21.1. The molecule has 2 rings (SSSR count). The van der Waals surface area contributed by atoms with Crippen LogP contribution in [0.15, 0.2) is 48.5 Å². The van der Waals surface area contributed by atoms with Crippen molar-refractivity contribution in [3.8, 4) is 0 Å². The Kier molecular flexibility index (Phi) is 8.98. The van der Waals surface area contributed by atoms with Crippen molar-refractivity contribution in [3.05, 3.63) is 70.8 Å². The van der Waals surface area contributed by atoms with Crippen LogP contribution in [0.2, 0.25) is 0 Å². The lowest BCUT2D eigenvalue weighted by atomic mass is 9.87. The molecule has 0 aromatic heterocycles. The quantitative estimate of drug-likeness (QED) is 0.760. The third-order valence-corrected chi connectivity index (χ3v) is 4.00. The van der Waals surface area contributed by atoms with Crippen LogP contribution in [0.3, 0.4) is 0 Å². The molecule has 2 aromatic carbocycles. The Balaban J connectivity index is 0.000000483. The first-order chi connectivity index (χ1) is 11.8. The molecule has 5 heteroatoms. The molecule has 0 atom stereocenters. The van der Waals surface area contributed by atoms with Gasteiger partial charge in [-0.25, -0.2) is 9.59 Å². The smallest absolute Gasteiger partial charge is 0.335 e. The van der Waals surface area contributed by atoms with Gasteiger partial charge in [0.15, 0.2) is 17.4 Å². The van der Waals surface area contributed by atoms with Crippen LogP contribution in [0.25, 0.3) is 0 Å². The van der Waals surface area contributed by atoms with Gasteiger partial charge >= 0.3 is 11.9 Å². The lowest BCUT2D eigenvalue weighted by Gasteiger charge is -2.18. The molecule has 0 saturated carbocycles. The van der Waals surface area contributed by atoms with E-state index >= 15 is 0 Å². The number of benzene rings is 2. The van der Waals surface area contributed by atoms with E-state index in [-0.39, 0.29) is 28.2 Å². The first kappa shape index (κ1) is 24.9. The normalized spacial score (nSPS) is 10.9. The lowest BCUT2D eigenvalue weighted by molar-refractivity contribution is 0.0686. The molecule has 0 aliphatic rings. The van der Waals surface area contributed by atoms with Crippen molar-refractivity contribution in [2.75, 3.05) is 0 Å². The first-order valence-electron chi connectivity index (χ1n) is 8.50. The lowest BCUT2D eigenvalue weighted by Crippen LogP contribution is -2.11. The minimum atomic E-state index is -0.875. The van der Waals surface area contributed by atoms with Gasteiger partial charge in [0.05, 0.1) is 11.1 Å². The minimum absolute atomic E-state index is 0. The molecular formula is C22H31AlO4. The standard InChI is InChI=1S/2C11H14O2.Al.3H/c2*1-11(2,3)9-6-4-8(5-7-9)10(12)13;;;;/h2*4-7H,1-3H3,(H,12,13);;;;. The molecule has 27 heavy (non-hydrogen) atoms. The summed E-state index contributed by atoms with van der Waals surface area (Å²) in [6.45, 7) is 12.6. The van der Waals surface area contributed by atoms with Crippen LogP contribution in [-0.2, 0) is 10.8 Å². The summed E-state index contributed by atoms with van der Waals surface area (Å²) in [6.07, 6.45) is 0. The molecule has 0 aliphatic heterocycles. The van der Waals surface area contributed by atoms with Gasteiger partial charge in [-0.05, 0) is 46.2 Å². The maximum absolute atomic E-state index is 10.6. The third kappa shape index (κ3) is 7.99. The highest BCUT2D eigenvalue weighted by Crippen LogP contribution is 2.22. The van der Waals surface area contributed by atoms with Crippen molar-refractivity contribution in [2.45, 2.75) is 52.4 Å². The number of carbonyl (C=O) groups is 2. The maximum atomic E-state index is 10.6. The van der Waals surface area contributed by atoms with Crippen LogP contribution in [-0.4, -0.2) is 39.5 Å². The monoisotopic (exact) mass is 386 g/mol. The summed E-state index contributed by atoms with van der Waals surface area (Å²) in [5.74, 6) is -1.75. The zero-order valence-electron chi connectivity index (χ0n) is 16.3. The van der Waals surface area contributed by atoms with Crippen LogP contribution >= 0.6 is 0 Å². The van der Waals surface area contributed by atoms with E-state index in [1.165, 1.54) is 0 Å². The summed E-state index contributed by atoms with van der Waals surface area (Å²) in [5.41, 5.74) is 3.14. The average Bonchev–Trinajstić information content (AvgIpc) is 2.54. The summed E-state index contributed by atoms with van der Waals surface area (Å²) >= 11 is 0. The highest BCUT2D eigenvalue weighted by Gasteiger charge is 2.14. The molecule has 0 heterocycles. The second-order valence-electron chi connectivity index (χ2n) is 8.27. The number of hydrogen-bond acceptors (Lipinski definition) is 2. The van der Waals surface area contributed by atoms with Gasteiger partial charge < -0.3 is 10.2 Å². The van der Waals surface area contributed by atoms with Gasteiger partial charge in [0.25, 0.3) is 0 Å². The zero-order valence-corrected chi connectivity index (χ0v) is 16.3. The number of carboxylic acid groups (broad SMARTS) is 2. The maximum Gasteiger partial charge on any atom is 0.335 e. The van der Waals surface area contributed by atoms with Crippen LogP contribution in [0.4, 0.5) is 0 Å². The molecule has 0 bridgehead atoms. The van der Waals surface area contributed by atoms with Gasteiger partial charge in [-0.15, -0.1) is 0 Å². The fourth-order valence-corrected chi connectivity index (χ4v) is 2.23. The number of hydrogen-bond donors (Lipinski definition) is 2. The van der Waals surface area contributed by atoms with Gasteiger partial charge in [0.2, 0.25) is 0 Å². The SMILES string of the molecule is CC(C)(C)c1ccc(C(=O)O)cc1.CC(C)(C)c1ccc(C(=O)O)cc1.[AlH3]. The predicted octanol–water partition coefficient (Wildman–Crippen LogP) is 4.18. The molecule has 0 amide bonds. The van der Waals surface area contributed by atoms with E-state index in [0.29, 0.717) is 11.1 Å². The van der Waals surface area contributed by atoms with Crippen molar-refractivity contribution in [1.29, 1.82) is 0 Å². The molecule has 2 aromatic rings. The molecule has 0 spiro atoms. The minimum Gasteiger partial charge on any atom is -0.478 e. The number of rotatable bonds is 2. The Labute approximate surface area is 172 Å². The summed E-state index contributed by atoms with van der Waals surface area (Å²) in [7, 11) is 0. The Hall–Kier alpha value is -2.09. The highest BCUT2D eigenvalue weighted by atomic mass is 27.0. The van der Waals surface area contributed by atoms with Crippen molar-refractivity contribution >= 4 is 29.3 Å². The fourth-order valence-electron chi connectivity index (χ4n) is 2.23. The summed E-state index contributed by atoms with van der Waals surface area (Å²) in [6, 6.07) is 14.0. The molecular weight excluding hydrogens is 355 g/mol. The Morgan fingerprint density at radius 1 is 0.593 bits per heavy atom. The van der Waals surface area contributed by atoms with E-state index in [4.69, 9.17) is 10.2 Å².